The summed E-state index contributed by atoms with van der Waals surface area (Å²) in [6, 6.07) is 17.8. The molecule has 1 amide bonds. The number of aromatic nitrogens is 2. The summed E-state index contributed by atoms with van der Waals surface area (Å²) in [5.74, 6) is 0.143. The second kappa shape index (κ2) is 6.99. The Bertz CT molecular complexity index is 927. The molecule has 0 spiro atoms. The lowest BCUT2D eigenvalue weighted by molar-refractivity contribution is 0.102. The molecule has 24 heavy (non-hydrogen) atoms. The lowest BCUT2D eigenvalue weighted by Crippen LogP contribution is -2.13. The van der Waals surface area contributed by atoms with Crippen LogP contribution in [0.25, 0.3) is 0 Å². The highest BCUT2D eigenvalue weighted by atomic mass is 35.5. The maximum absolute atomic E-state index is 12.2. The van der Waals surface area contributed by atoms with Crippen molar-refractivity contribution in [2.45, 2.75) is 6.54 Å². The summed E-state index contributed by atoms with van der Waals surface area (Å²) < 4.78 is 1.72. The van der Waals surface area contributed by atoms with E-state index < -0.39 is 0 Å². The monoisotopic (exact) mass is 336 g/mol. The van der Waals surface area contributed by atoms with Gasteiger partial charge in [0.1, 0.15) is 0 Å². The van der Waals surface area contributed by atoms with Crippen molar-refractivity contribution in [1.82, 2.24) is 9.78 Å². The third-order valence-corrected chi connectivity index (χ3v) is 3.60. The predicted octanol–water partition coefficient (Wildman–Crippen LogP) is 3.71. The van der Waals surface area contributed by atoms with Gasteiger partial charge < -0.3 is 5.32 Å². The van der Waals surface area contributed by atoms with Crippen LogP contribution in [0.1, 0.15) is 21.5 Å². The number of hydrogen-bond donors (Lipinski definition) is 1. The molecule has 6 heteroatoms. The fraction of sp³-hybridized carbons (Fsp3) is 0.0556. The zero-order valence-corrected chi connectivity index (χ0v) is 13.4. The molecule has 1 N–H and O–H groups in total. The maximum Gasteiger partial charge on any atom is 0.256 e. The molecule has 0 aliphatic rings. The van der Waals surface area contributed by atoms with E-state index in [0.717, 1.165) is 5.56 Å². The molecule has 0 fully saturated rings. The van der Waals surface area contributed by atoms with Crippen molar-refractivity contribution < 1.29 is 4.79 Å². The second-order valence-corrected chi connectivity index (χ2v) is 5.61. The number of anilines is 1. The Morgan fingerprint density at radius 3 is 2.83 bits per heavy atom. The van der Waals surface area contributed by atoms with Crippen molar-refractivity contribution in [3.05, 3.63) is 82.5 Å². The summed E-state index contributed by atoms with van der Waals surface area (Å²) in [7, 11) is 0. The van der Waals surface area contributed by atoms with Crippen LogP contribution < -0.4 is 5.32 Å². The van der Waals surface area contributed by atoms with Gasteiger partial charge in [-0.15, -0.1) is 0 Å². The Morgan fingerprint density at radius 1 is 1.21 bits per heavy atom. The summed E-state index contributed by atoms with van der Waals surface area (Å²) in [5, 5.41) is 16.6. The molecule has 0 saturated carbocycles. The standard InChI is InChI=1S/C18H13ClN4O/c19-16-6-2-4-14(10-16)12-23-8-7-17(22-23)21-18(24)15-5-1-3-13(9-15)11-20/h1-10H,12H2,(H,21,22,24). The normalized spacial score (nSPS) is 10.2. The fourth-order valence-electron chi connectivity index (χ4n) is 2.26. The average Bonchev–Trinajstić information content (AvgIpc) is 3.01. The zero-order valence-electron chi connectivity index (χ0n) is 12.6. The molecule has 118 valence electrons. The van der Waals surface area contributed by atoms with Crippen LogP contribution >= 0.6 is 11.6 Å². The van der Waals surface area contributed by atoms with Crippen LogP contribution in [0.2, 0.25) is 5.02 Å². The number of benzene rings is 2. The van der Waals surface area contributed by atoms with Gasteiger partial charge in [0.15, 0.2) is 5.82 Å². The van der Waals surface area contributed by atoms with Gasteiger partial charge in [0, 0.05) is 22.8 Å². The number of carbonyl (C=O) groups is 1. The number of halogens is 1. The quantitative estimate of drug-likeness (QED) is 0.789. The van der Waals surface area contributed by atoms with Crippen LogP contribution in [0.5, 0.6) is 0 Å². The lowest BCUT2D eigenvalue weighted by Gasteiger charge is -2.04. The van der Waals surface area contributed by atoms with Crippen LogP contribution in [-0.4, -0.2) is 15.7 Å². The van der Waals surface area contributed by atoms with Crippen LogP contribution in [0.4, 0.5) is 5.82 Å². The minimum absolute atomic E-state index is 0.305. The average molecular weight is 337 g/mol. The number of rotatable bonds is 4. The smallest absolute Gasteiger partial charge is 0.256 e. The molecule has 0 atom stereocenters. The van der Waals surface area contributed by atoms with E-state index >= 15 is 0 Å². The third-order valence-electron chi connectivity index (χ3n) is 3.37. The number of carbonyl (C=O) groups excluding carboxylic acids is 1. The van der Waals surface area contributed by atoms with Crippen molar-refractivity contribution in [3.8, 4) is 6.07 Å². The van der Waals surface area contributed by atoms with E-state index in [1.165, 1.54) is 6.07 Å². The molecule has 0 bridgehead atoms. The molecule has 0 aliphatic heterocycles. The Hall–Kier alpha value is -3.10. The van der Waals surface area contributed by atoms with Crippen LogP contribution in [0, 0.1) is 11.3 Å². The van der Waals surface area contributed by atoms with E-state index in [1.54, 1.807) is 35.1 Å². The predicted molar refractivity (Wildman–Crippen MR) is 91.9 cm³/mol. The number of nitrogens with zero attached hydrogens (tertiary/aromatic N) is 3. The highest BCUT2D eigenvalue weighted by Gasteiger charge is 2.09. The van der Waals surface area contributed by atoms with Crippen molar-refractivity contribution in [2.24, 2.45) is 0 Å². The molecular weight excluding hydrogens is 324 g/mol. The molecule has 0 radical (unpaired) electrons. The summed E-state index contributed by atoms with van der Waals surface area (Å²) in [4.78, 5) is 12.2. The molecule has 1 aromatic heterocycles. The fourth-order valence-corrected chi connectivity index (χ4v) is 2.47. The van der Waals surface area contributed by atoms with Gasteiger partial charge in [-0.1, -0.05) is 29.8 Å². The van der Waals surface area contributed by atoms with E-state index in [0.29, 0.717) is 28.5 Å². The summed E-state index contributed by atoms with van der Waals surface area (Å²) in [6.45, 7) is 0.556. The van der Waals surface area contributed by atoms with Gasteiger partial charge in [-0.3, -0.25) is 9.48 Å². The van der Waals surface area contributed by atoms with E-state index in [2.05, 4.69) is 10.4 Å². The Kier molecular flexibility index (Phi) is 4.59. The summed E-state index contributed by atoms with van der Waals surface area (Å²) in [6.07, 6.45) is 1.78. The Balaban J connectivity index is 1.69. The summed E-state index contributed by atoms with van der Waals surface area (Å²) >= 11 is 5.97. The Morgan fingerprint density at radius 2 is 2.04 bits per heavy atom. The number of nitriles is 1. The molecule has 3 rings (SSSR count). The van der Waals surface area contributed by atoms with Crippen molar-refractivity contribution in [1.29, 1.82) is 5.26 Å². The first-order valence-electron chi connectivity index (χ1n) is 7.23. The first kappa shape index (κ1) is 15.8. The van der Waals surface area contributed by atoms with E-state index in [9.17, 15) is 4.79 Å². The largest absolute Gasteiger partial charge is 0.305 e. The molecule has 2 aromatic carbocycles. The first-order valence-corrected chi connectivity index (χ1v) is 7.61. The third kappa shape index (κ3) is 3.80. The highest BCUT2D eigenvalue weighted by molar-refractivity contribution is 6.30. The molecule has 5 nitrogen and oxygen atoms in total. The minimum Gasteiger partial charge on any atom is -0.305 e. The molecule has 0 saturated heterocycles. The maximum atomic E-state index is 12.2. The second-order valence-electron chi connectivity index (χ2n) is 5.18. The molecule has 3 aromatic rings. The Labute approximate surface area is 144 Å². The lowest BCUT2D eigenvalue weighted by atomic mass is 10.1. The van der Waals surface area contributed by atoms with Crippen molar-refractivity contribution in [3.63, 3.8) is 0 Å². The van der Waals surface area contributed by atoms with Gasteiger partial charge in [0.25, 0.3) is 5.91 Å². The molecular formula is C18H13ClN4O. The minimum atomic E-state index is -0.305. The van der Waals surface area contributed by atoms with Gasteiger partial charge in [0.05, 0.1) is 18.2 Å². The SMILES string of the molecule is N#Cc1cccc(C(=O)Nc2ccn(Cc3cccc(Cl)c3)n2)c1. The van der Waals surface area contributed by atoms with E-state index in [-0.39, 0.29) is 5.91 Å². The molecule has 0 unspecified atom stereocenters. The van der Waals surface area contributed by atoms with Gasteiger partial charge >= 0.3 is 0 Å². The number of hydrogen-bond acceptors (Lipinski definition) is 3. The van der Waals surface area contributed by atoms with E-state index in [4.69, 9.17) is 16.9 Å². The van der Waals surface area contributed by atoms with Crippen LogP contribution in [0.15, 0.2) is 60.8 Å². The van der Waals surface area contributed by atoms with Gasteiger partial charge in [-0.2, -0.15) is 10.4 Å². The van der Waals surface area contributed by atoms with Gasteiger partial charge in [0.2, 0.25) is 0 Å². The van der Waals surface area contributed by atoms with Crippen LogP contribution in [0.3, 0.4) is 0 Å². The van der Waals surface area contributed by atoms with Gasteiger partial charge in [-0.25, -0.2) is 0 Å². The number of amides is 1. The number of nitrogens with one attached hydrogen (secondary N) is 1. The van der Waals surface area contributed by atoms with Crippen LogP contribution in [-0.2, 0) is 6.54 Å². The van der Waals surface area contributed by atoms with Gasteiger partial charge in [-0.05, 0) is 35.9 Å². The summed E-state index contributed by atoms with van der Waals surface area (Å²) in [5.41, 5.74) is 1.87. The van der Waals surface area contributed by atoms with Crippen molar-refractivity contribution in [2.75, 3.05) is 5.32 Å². The first-order chi connectivity index (χ1) is 11.6. The van der Waals surface area contributed by atoms with Crippen molar-refractivity contribution >= 4 is 23.3 Å². The molecule has 1 heterocycles. The van der Waals surface area contributed by atoms with E-state index in [1.807, 2.05) is 30.3 Å². The highest BCUT2D eigenvalue weighted by Crippen LogP contribution is 2.13. The topological polar surface area (TPSA) is 70.7 Å². The zero-order chi connectivity index (χ0) is 16.9. The molecule has 0 aliphatic carbocycles.